The van der Waals surface area contributed by atoms with E-state index in [0.29, 0.717) is 12.1 Å². The predicted molar refractivity (Wildman–Crippen MR) is 85.0 cm³/mol. The highest BCUT2D eigenvalue weighted by molar-refractivity contribution is 7.09. The van der Waals surface area contributed by atoms with Crippen molar-refractivity contribution in [2.45, 2.75) is 32.4 Å². The average molecular weight is 341 g/mol. The fourth-order valence-electron chi connectivity index (χ4n) is 1.95. The predicted octanol–water partition coefficient (Wildman–Crippen LogP) is 4.19. The number of carbonyl (C=O) groups excluding carboxylic acids is 1. The van der Waals surface area contributed by atoms with Gasteiger partial charge in [-0.3, -0.25) is 0 Å². The van der Waals surface area contributed by atoms with Gasteiger partial charge < -0.3 is 15.4 Å². The van der Waals surface area contributed by atoms with Gasteiger partial charge in [-0.25, -0.2) is 9.78 Å². The van der Waals surface area contributed by atoms with Gasteiger partial charge in [-0.1, -0.05) is 13.0 Å². The Morgan fingerprint density at radius 1 is 1.48 bits per heavy atom. The normalized spacial score (nSPS) is 13.4. The van der Waals surface area contributed by atoms with Gasteiger partial charge in [0.1, 0.15) is 10.8 Å². The maximum atomic E-state index is 12.2. The Kier molecular flexibility index (Phi) is 5.49. The standard InChI is InChI=1S/C15H17F2N3O2S/c1-3-15(2,12-18-7-8-23-12)20-14(21)19-10-5-4-6-11(9-10)22-13(16)17/h4-9,13H,3H2,1-2H3,(H2,19,20,21)/t15-/m0/s1. The molecule has 1 atom stereocenters. The summed E-state index contributed by atoms with van der Waals surface area (Å²) in [7, 11) is 0. The zero-order valence-electron chi connectivity index (χ0n) is 12.7. The minimum absolute atomic E-state index is 0.0176. The second kappa shape index (κ2) is 7.36. The molecule has 0 bridgehead atoms. The van der Waals surface area contributed by atoms with E-state index in [1.54, 1.807) is 12.3 Å². The SMILES string of the molecule is CC[C@](C)(NC(=O)Nc1cccc(OC(F)F)c1)c1nccs1. The van der Waals surface area contributed by atoms with Crippen molar-refractivity contribution in [3.8, 4) is 5.75 Å². The number of hydrogen-bond donors (Lipinski definition) is 2. The number of aromatic nitrogens is 1. The topological polar surface area (TPSA) is 63.2 Å². The first-order valence-corrected chi connectivity index (χ1v) is 7.85. The molecule has 1 aromatic carbocycles. The summed E-state index contributed by atoms with van der Waals surface area (Å²) in [6, 6.07) is 5.38. The quantitative estimate of drug-likeness (QED) is 0.828. The zero-order valence-corrected chi connectivity index (χ0v) is 13.5. The second-order valence-corrected chi connectivity index (χ2v) is 5.90. The Morgan fingerprint density at radius 2 is 2.26 bits per heavy atom. The Hall–Kier alpha value is -2.22. The number of halogens is 2. The number of nitrogens with zero attached hydrogens (tertiary/aromatic N) is 1. The molecule has 0 aliphatic rings. The van der Waals surface area contributed by atoms with Gasteiger partial charge in [0.15, 0.2) is 0 Å². The van der Waals surface area contributed by atoms with E-state index in [2.05, 4.69) is 20.4 Å². The van der Waals surface area contributed by atoms with Crippen molar-refractivity contribution in [1.29, 1.82) is 0 Å². The minimum atomic E-state index is -2.91. The molecular formula is C15H17F2N3O2S. The van der Waals surface area contributed by atoms with Gasteiger partial charge in [0.2, 0.25) is 0 Å². The number of carbonyl (C=O) groups is 1. The molecule has 0 fully saturated rings. The third kappa shape index (κ3) is 4.62. The molecule has 1 heterocycles. The van der Waals surface area contributed by atoms with Crippen LogP contribution in [0.25, 0.3) is 0 Å². The van der Waals surface area contributed by atoms with Crippen molar-refractivity contribution in [3.05, 3.63) is 40.8 Å². The molecule has 0 saturated carbocycles. The number of rotatable bonds is 6. The molecule has 0 aliphatic heterocycles. The largest absolute Gasteiger partial charge is 0.435 e. The summed E-state index contributed by atoms with van der Waals surface area (Å²) in [5.74, 6) is -0.0176. The maximum absolute atomic E-state index is 12.2. The molecule has 1 aromatic heterocycles. The lowest BCUT2D eigenvalue weighted by molar-refractivity contribution is -0.0497. The van der Waals surface area contributed by atoms with Gasteiger partial charge in [0, 0.05) is 23.3 Å². The van der Waals surface area contributed by atoms with Crippen LogP contribution in [0, 0.1) is 0 Å². The average Bonchev–Trinajstić information content (AvgIpc) is 3.01. The summed E-state index contributed by atoms with van der Waals surface area (Å²) in [6.07, 6.45) is 2.33. The lowest BCUT2D eigenvalue weighted by Gasteiger charge is -2.27. The number of urea groups is 1. The fraction of sp³-hybridized carbons (Fsp3) is 0.333. The van der Waals surface area contributed by atoms with E-state index < -0.39 is 18.2 Å². The van der Waals surface area contributed by atoms with Crippen LogP contribution in [-0.2, 0) is 5.54 Å². The first-order valence-electron chi connectivity index (χ1n) is 6.97. The van der Waals surface area contributed by atoms with Crippen LogP contribution in [-0.4, -0.2) is 17.6 Å². The van der Waals surface area contributed by atoms with Crippen LogP contribution < -0.4 is 15.4 Å². The van der Waals surface area contributed by atoms with Crippen molar-refractivity contribution in [2.75, 3.05) is 5.32 Å². The van der Waals surface area contributed by atoms with Crippen LogP contribution in [0.1, 0.15) is 25.3 Å². The first kappa shape index (κ1) is 17.1. The van der Waals surface area contributed by atoms with E-state index in [4.69, 9.17) is 0 Å². The van der Waals surface area contributed by atoms with Crippen LogP contribution in [0.4, 0.5) is 19.3 Å². The molecule has 0 unspecified atom stereocenters. The van der Waals surface area contributed by atoms with Crippen LogP contribution in [0.2, 0.25) is 0 Å². The van der Waals surface area contributed by atoms with E-state index >= 15 is 0 Å². The number of ether oxygens (including phenoxy) is 1. The van der Waals surface area contributed by atoms with Crippen molar-refractivity contribution in [2.24, 2.45) is 0 Å². The molecule has 2 rings (SSSR count). The van der Waals surface area contributed by atoms with Crippen molar-refractivity contribution in [3.63, 3.8) is 0 Å². The third-order valence-electron chi connectivity index (χ3n) is 3.32. The van der Waals surface area contributed by atoms with Crippen molar-refractivity contribution in [1.82, 2.24) is 10.3 Å². The monoisotopic (exact) mass is 341 g/mol. The summed E-state index contributed by atoms with van der Waals surface area (Å²) < 4.78 is 28.7. The molecule has 0 aliphatic carbocycles. The summed E-state index contributed by atoms with van der Waals surface area (Å²) in [6.45, 7) is 0.910. The Balaban J connectivity index is 2.04. The summed E-state index contributed by atoms with van der Waals surface area (Å²) >= 11 is 1.46. The molecule has 2 N–H and O–H groups in total. The fourth-order valence-corrected chi connectivity index (χ4v) is 2.78. The molecule has 2 aromatic rings. The van der Waals surface area contributed by atoms with E-state index in [0.717, 1.165) is 5.01 Å². The van der Waals surface area contributed by atoms with Crippen molar-refractivity contribution < 1.29 is 18.3 Å². The van der Waals surface area contributed by atoms with E-state index in [1.807, 2.05) is 19.2 Å². The van der Waals surface area contributed by atoms with Crippen LogP contribution in [0.15, 0.2) is 35.8 Å². The molecule has 0 spiro atoms. The molecule has 5 nitrogen and oxygen atoms in total. The number of amides is 2. The zero-order chi connectivity index (χ0) is 16.9. The summed E-state index contributed by atoms with van der Waals surface area (Å²) in [5.41, 5.74) is -0.242. The highest BCUT2D eigenvalue weighted by Crippen LogP contribution is 2.26. The molecule has 0 saturated heterocycles. The van der Waals surface area contributed by atoms with Gasteiger partial charge in [-0.05, 0) is 25.5 Å². The lowest BCUT2D eigenvalue weighted by Crippen LogP contribution is -2.45. The molecular weight excluding hydrogens is 324 g/mol. The van der Waals surface area contributed by atoms with Gasteiger partial charge >= 0.3 is 12.6 Å². The van der Waals surface area contributed by atoms with Crippen LogP contribution in [0.5, 0.6) is 5.75 Å². The molecule has 2 amide bonds. The number of nitrogens with one attached hydrogen (secondary N) is 2. The van der Waals surface area contributed by atoms with Crippen LogP contribution in [0.3, 0.4) is 0 Å². The van der Waals surface area contributed by atoms with Gasteiger partial charge in [-0.2, -0.15) is 8.78 Å². The number of anilines is 1. The molecule has 0 radical (unpaired) electrons. The van der Waals surface area contributed by atoms with E-state index in [9.17, 15) is 13.6 Å². The van der Waals surface area contributed by atoms with Gasteiger partial charge in [-0.15, -0.1) is 11.3 Å². The summed E-state index contributed by atoms with van der Waals surface area (Å²) in [5, 5.41) is 8.11. The Labute approximate surface area is 136 Å². The summed E-state index contributed by atoms with van der Waals surface area (Å²) in [4.78, 5) is 16.4. The first-order chi connectivity index (χ1) is 10.9. The highest BCUT2D eigenvalue weighted by Gasteiger charge is 2.29. The molecule has 23 heavy (non-hydrogen) atoms. The third-order valence-corrected chi connectivity index (χ3v) is 4.35. The van der Waals surface area contributed by atoms with E-state index in [1.165, 1.54) is 29.5 Å². The minimum Gasteiger partial charge on any atom is -0.435 e. The number of benzene rings is 1. The highest BCUT2D eigenvalue weighted by atomic mass is 32.1. The maximum Gasteiger partial charge on any atom is 0.387 e. The van der Waals surface area contributed by atoms with Crippen LogP contribution >= 0.6 is 11.3 Å². The lowest BCUT2D eigenvalue weighted by atomic mass is 10.0. The van der Waals surface area contributed by atoms with Crippen molar-refractivity contribution >= 4 is 23.1 Å². The van der Waals surface area contributed by atoms with Gasteiger partial charge in [0.25, 0.3) is 0 Å². The Bertz CT molecular complexity index is 652. The number of hydrogen-bond acceptors (Lipinski definition) is 4. The number of alkyl halides is 2. The van der Waals surface area contributed by atoms with E-state index in [-0.39, 0.29) is 5.75 Å². The van der Waals surface area contributed by atoms with Gasteiger partial charge in [0.05, 0.1) is 5.54 Å². The molecule has 124 valence electrons. The number of thiazole rings is 1. The Morgan fingerprint density at radius 3 is 2.87 bits per heavy atom. The smallest absolute Gasteiger partial charge is 0.387 e. The molecule has 8 heteroatoms. The second-order valence-electron chi connectivity index (χ2n) is 5.01.